The van der Waals surface area contributed by atoms with E-state index in [9.17, 15) is 0 Å². The molecule has 0 N–H and O–H groups in total. The molecule has 0 heterocycles. The highest BCUT2D eigenvalue weighted by Crippen LogP contribution is 2.63. The van der Waals surface area contributed by atoms with Crippen molar-refractivity contribution in [3.63, 3.8) is 0 Å². The lowest BCUT2D eigenvalue weighted by Gasteiger charge is -2.49. The molecule has 1 aromatic carbocycles. The van der Waals surface area contributed by atoms with Crippen LogP contribution in [0.25, 0.3) is 0 Å². The zero-order chi connectivity index (χ0) is 14.9. The highest BCUT2D eigenvalue weighted by atomic mass is 127. The second-order valence-corrected chi connectivity index (χ2v) is 8.15. The molecule has 2 bridgehead atoms. The molecule has 0 aromatic heterocycles. The molecule has 2 fully saturated rings. The Morgan fingerprint density at radius 1 is 1.14 bits per heavy atom. The molecular formula is C19H27IO. The normalized spacial score (nSPS) is 33.5. The van der Waals surface area contributed by atoms with Gasteiger partial charge in [-0.2, -0.15) is 0 Å². The molecule has 0 spiro atoms. The van der Waals surface area contributed by atoms with Crippen LogP contribution in [-0.2, 0) is 11.2 Å². The number of alkyl halides is 1. The monoisotopic (exact) mass is 398 g/mol. The van der Waals surface area contributed by atoms with Gasteiger partial charge in [0.1, 0.15) is 0 Å². The van der Waals surface area contributed by atoms with E-state index in [-0.39, 0.29) is 5.60 Å². The summed E-state index contributed by atoms with van der Waals surface area (Å²) in [7, 11) is 0. The summed E-state index contributed by atoms with van der Waals surface area (Å²) in [5.41, 5.74) is 1.91. The molecule has 21 heavy (non-hydrogen) atoms. The van der Waals surface area contributed by atoms with Crippen LogP contribution in [0.1, 0.15) is 45.1 Å². The number of fused-ring (bicyclic) bond motifs is 2. The van der Waals surface area contributed by atoms with Crippen LogP contribution < -0.4 is 0 Å². The van der Waals surface area contributed by atoms with Gasteiger partial charge in [0, 0.05) is 11.0 Å². The van der Waals surface area contributed by atoms with Gasteiger partial charge in [0.05, 0.1) is 5.60 Å². The molecule has 2 aliphatic carbocycles. The van der Waals surface area contributed by atoms with Crippen LogP contribution in [0.2, 0.25) is 0 Å². The fraction of sp³-hybridized carbons (Fsp3) is 0.684. The van der Waals surface area contributed by atoms with Crippen LogP contribution in [-0.4, -0.2) is 16.6 Å². The Hall–Kier alpha value is -0.0900. The van der Waals surface area contributed by atoms with Crippen molar-refractivity contribution in [1.29, 1.82) is 0 Å². The van der Waals surface area contributed by atoms with Gasteiger partial charge in [0.2, 0.25) is 0 Å². The lowest BCUT2D eigenvalue weighted by Crippen LogP contribution is -2.53. The van der Waals surface area contributed by atoms with Crippen LogP contribution in [0.3, 0.4) is 0 Å². The molecule has 1 aromatic rings. The maximum atomic E-state index is 6.60. The quantitative estimate of drug-likeness (QED) is 0.361. The van der Waals surface area contributed by atoms with Crippen molar-refractivity contribution in [1.82, 2.24) is 0 Å². The van der Waals surface area contributed by atoms with Crippen molar-refractivity contribution in [2.45, 2.75) is 51.6 Å². The van der Waals surface area contributed by atoms with Crippen molar-refractivity contribution in [3.8, 4) is 0 Å². The molecule has 0 radical (unpaired) electrons. The third-order valence-corrected chi connectivity index (χ3v) is 7.35. The second-order valence-electron chi connectivity index (χ2n) is 7.39. The summed E-state index contributed by atoms with van der Waals surface area (Å²) in [5, 5.41) is 0. The number of ether oxygens (including phenoxy) is 1. The van der Waals surface area contributed by atoms with Gasteiger partial charge in [-0.25, -0.2) is 0 Å². The standard InChI is InChI=1S/C19H27IO/c1-18(2)16-10-11-17(13-16)19(18,14-20)21-12-6-9-15-7-4-3-5-8-15/h3-5,7-8,16-17H,6,9-14H2,1-2H3. The minimum atomic E-state index is 0.132. The van der Waals surface area contributed by atoms with Crippen molar-refractivity contribution >= 4 is 22.6 Å². The fourth-order valence-electron chi connectivity index (χ4n) is 4.73. The number of rotatable bonds is 6. The number of halogens is 1. The summed E-state index contributed by atoms with van der Waals surface area (Å²) in [4.78, 5) is 0. The molecular weight excluding hydrogens is 371 g/mol. The summed E-state index contributed by atoms with van der Waals surface area (Å²) < 4.78 is 7.75. The summed E-state index contributed by atoms with van der Waals surface area (Å²) >= 11 is 2.56. The molecule has 2 aliphatic rings. The molecule has 3 atom stereocenters. The zero-order valence-corrected chi connectivity index (χ0v) is 15.4. The summed E-state index contributed by atoms with van der Waals surface area (Å²) in [6.45, 7) is 5.81. The van der Waals surface area contributed by atoms with Gasteiger partial charge >= 0.3 is 0 Å². The van der Waals surface area contributed by atoms with Gasteiger partial charge in [-0.1, -0.05) is 66.8 Å². The zero-order valence-electron chi connectivity index (χ0n) is 13.3. The predicted octanol–water partition coefficient (Wildman–Crippen LogP) is 5.27. The highest BCUT2D eigenvalue weighted by Gasteiger charge is 2.63. The largest absolute Gasteiger partial charge is 0.373 e. The molecule has 2 heteroatoms. The first-order valence-electron chi connectivity index (χ1n) is 8.34. The predicted molar refractivity (Wildman–Crippen MR) is 96.9 cm³/mol. The Morgan fingerprint density at radius 3 is 2.48 bits per heavy atom. The van der Waals surface area contributed by atoms with E-state index >= 15 is 0 Å². The van der Waals surface area contributed by atoms with Gasteiger partial charge in [0.25, 0.3) is 0 Å². The van der Waals surface area contributed by atoms with E-state index in [1.165, 1.54) is 24.8 Å². The minimum absolute atomic E-state index is 0.132. The fourth-order valence-corrected chi connectivity index (χ4v) is 6.56. The molecule has 0 aliphatic heterocycles. The SMILES string of the molecule is CC1(C)C2CCC(C2)C1(CI)OCCCc1ccccc1. The lowest BCUT2D eigenvalue weighted by molar-refractivity contribution is -0.136. The van der Waals surface area contributed by atoms with Gasteiger partial charge in [-0.15, -0.1) is 0 Å². The van der Waals surface area contributed by atoms with Crippen LogP contribution in [0.5, 0.6) is 0 Å². The van der Waals surface area contributed by atoms with E-state index in [1.54, 1.807) is 0 Å². The Labute approximate surface area is 143 Å². The van der Waals surface area contributed by atoms with Crippen LogP contribution in [0.4, 0.5) is 0 Å². The van der Waals surface area contributed by atoms with E-state index in [0.717, 1.165) is 35.7 Å². The Balaban J connectivity index is 1.58. The maximum Gasteiger partial charge on any atom is 0.0852 e. The van der Waals surface area contributed by atoms with Crippen molar-refractivity contribution in [2.75, 3.05) is 11.0 Å². The van der Waals surface area contributed by atoms with Gasteiger partial charge in [0.15, 0.2) is 0 Å². The molecule has 0 saturated heterocycles. The van der Waals surface area contributed by atoms with Crippen molar-refractivity contribution in [3.05, 3.63) is 35.9 Å². The molecule has 0 amide bonds. The highest BCUT2D eigenvalue weighted by molar-refractivity contribution is 14.1. The number of hydrogen-bond donors (Lipinski definition) is 0. The topological polar surface area (TPSA) is 9.23 Å². The van der Waals surface area contributed by atoms with Gasteiger partial charge in [-0.3, -0.25) is 0 Å². The average Bonchev–Trinajstić information content (AvgIpc) is 3.05. The molecule has 116 valence electrons. The Kier molecular flexibility index (Phi) is 4.66. The third kappa shape index (κ3) is 2.67. The maximum absolute atomic E-state index is 6.60. The second kappa shape index (κ2) is 6.19. The molecule has 2 saturated carbocycles. The first-order valence-corrected chi connectivity index (χ1v) is 9.86. The number of benzene rings is 1. The molecule has 3 rings (SSSR count). The number of aryl methyl sites for hydroxylation is 1. The van der Waals surface area contributed by atoms with Crippen LogP contribution >= 0.6 is 22.6 Å². The molecule has 1 nitrogen and oxygen atoms in total. The van der Waals surface area contributed by atoms with Crippen molar-refractivity contribution in [2.24, 2.45) is 17.3 Å². The first kappa shape index (κ1) is 15.8. The van der Waals surface area contributed by atoms with E-state index in [0.29, 0.717) is 5.41 Å². The van der Waals surface area contributed by atoms with E-state index in [4.69, 9.17) is 4.74 Å². The average molecular weight is 398 g/mol. The van der Waals surface area contributed by atoms with Crippen molar-refractivity contribution < 1.29 is 4.74 Å². The minimum Gasteiger partial charge on any atom is -0.373 e. The smallest absolute Gasteiger partial charge is 0.0852 e. The van der Waals surface area contributed by atoms with Crippen LogP contribution in [0, 0.1) is 17.3 Å². The lowest BCUT2D eigenvalue weighted by atomic mass is 9.66. The Bertz CT molecular complexity index is 470. The van der Waals surface area contributed by atoms with Gasteiger partial charge < -0.3 is 4.74 Å². The van der Waals surface area contributed by atoms with E-state index in [2.05, 4.69) is 66.8 Å². The van der Waals surface area contributed by atoms with E-state index < -0.39 is 0 Å². The summed E-state index contributed by atoms with van der Waals surface area (Å²) in [5.74, 6) is 1.68. The first-order chi connectivity index (χ1) is 10.1. The molecule has 3 unspecified atom stereocenters. The summed E-state index contributed by atoms with van der Waals surface area (Å²) in [6.07, 6.45) is 6.47. The number of hydrogen-bond acceptors (Lipinski definition) is 1. The van der Waals surface area contributed by atoms with Crippen LogP contribution in [0.15, 0.2) is 30.3 Å². The van der Waals surface area contributed by atoms with Gasteiger partial charge in [-0.05, 0) is 54.9 Å². The third-order valence-electron chi connectivity index (χ3n) is 6.21. The van der Waals surface area contributed by atoms with E-state index in [1.807, 2.05) is 0 Å². The Morgan fingerprint density at radius 2 is 1.86 bits per heavy atom. The summed E-state index contributed by atoms with van der Waals surface area (Å²) in [6, 6.07) is 10.8.